The second-order valence-electron chi connectivity index (χ2n) is 3.59. The van der Waals surface area contributed by atoms with Gasteiger partial charge in [0.05, 0.1) is 17.8 Å². The highest BCUT2D eigenvalue weighted by Gasteiger charge is 2.00. The van der Waals surface area contributed by atoms with Crippen LogP contribution in [0.4, 0.5) is 0 Å². The molecule has 0 aliphatic carbocycles. The quantitative estimate of drug-likeness (QED) is 0.677. The maximum absolute atomic E-state index is 8.70. The van der Waals surface area contributed by atoms with E-state index in [0.717, 1.165) is 17.8 Å². The van der Waals surface area contributed by atoms with Gasteiger partial charge in [-0.1, -0.05) is 19.1 Å². The number of benzene rings is 1. The molecule has 0 saturated carbocycles. The molecule has 0 unspecified atom stereocenters. The summed E-state index contributed by atoms with van der Waals surface area (Å²) < 4.78 is 2.06. The summed E-state index contributed by atoms with van der Waals surface area (Å²) in [6.45, 7) is 1.98. The van der Waals surface area contributed by atoms with E-state index in [-0.39, 0.29) is 0 Å². The summed E-state index contributed by atoms with van der Waals surface area (Å²) in [4.78, 5) is 0. The van der Waals surface area contributed by atoms with Crippen molar-refractivity contribution >= 4 is 18.4 Å². The molecule has 0 radical (unpaired) electrons. The molecule has 6 heteroatoms. The van der Waals surface area contributed by atoms with E-state index < -0.39 is 0 Å². The molecule has 0 spiro atoms. The lowest BCUT2D eigenvalue weighted by molar-refractivity contribution is 0.780. The Hall–Kier alpha value is -2.26. The van der Waals surface area contributed by atoms with Crippen molar-refractivity contribution < 1.29 is 0 Å². The molecule has 0 aliphatic heterocycles. The van der Waals surface area contributed by atoms with E-state index in [1.807, 2.05) is 19.1 Å². The molecule has 0 amide bonds. The van der Waals surface area contributed by atoms with Crippen LogP contribution in [0.3, 0.4) is 0 Å². The van der Waals surface area contributed by atoms with Gasteiger partial charge in [0.25, 0.3) is 0 Å². The SMILES string of the molecule is CCc1n[nH]c(=S)n1N=Cc1ccc(C#N)cc1. The summed E-state index contributed by atoms with van der Waals surface area (Å²) in [6, 6.07) is 9.22. The number of nitrogens with zero attached hydrogens (tertiary/aromatic N) is 4. The Kier molecular flexibility index (Phi) is 3.65. The molecule has 0 atom stereocenters. The average molecular weight is 257 g/mol. The van der Waals surface area contributed by atoms with Gasteiger partial charge in [-0.3, -0.25) is 5.10 Å². The van der Waals surface area contributed by atoms with Crippen molar-refractivity contribution in [3.05, 3.63) is 46.0 Å². The summed E-state index contributed by atoms with van der Waals surface area (Å²) in [7, 11) is 0. The minimum Gasteiger partial charge on any atom is -0.250 e. The molecule has 5 nitrogen and oxygen atoms in total. The molecular weight excluding hydrogens is 246 g/mol. The van der Waals surface area contributed by atoms with Crippen molar-refractivity contribution in [2.75, 3.05) is 0 Å². The number of aryl methyl sites for hydroxylation is 1. The van der Waals surface area contributed by atoms with Gasteiger partial charge >= 0.3 is 0 Å². The number of rotatable bonds is 3. The fraction of sp³-hybridized carbons (Fsp3) is 0.167. The van der Waals surface area contributed by atoms with Crippen LogP contribution in [0.25, 0.3) is 0 Å². The van der Waals surface area contributed by atoms with Crippen LogP contribution in [-0.2, 0) is 6.42 Å². The summed E-state index contributed by atoms with van der Waals surface area (Å²) in [5, 5.41) is 19.7. The van der Waals surface area contributed by atoms with Gasteiger partial charge in [-0.2, -0.15) is 20.1 Å². The molecular formula is C12H11N5S. The smallest absolute Gasteiger partial charge is 0.216 e. The van der Waals surface area contributed by atoms with Crippen LogP contribution in [0.2, 0.25) is 0 Å². The number of hydrogen-bond acceptors (Lipinski definition) is 4. The third-order valence-corrected chi connectivity index (χ3v) is 2.66. The van der Waals surface area contributed by atoms with Crippen LogP contribution in [0.1, 0.15) is 23.9 Å². The lowest BCUT2D eigenvalue weighted by Crippen LogP contribution is -1.97. The van der Waals surface area contributed by atoms with Gasteiger partial charge in [0.15, 0.2) is 5.82 Å². The van der Waals surface area contributed by atoms with Crippen molar-refractivity contribution in [1.29, 1.82) is 5.26 Å². The predicted octanol–water partition coefficient (Wildman–Crippen LogP) is 2.26. The molecule has 18 heavy (non-hydrogen) atoms. The lowest BCUT2D eigenvalue weighted by atomic mass is 10.2. The molecule has 2 aromatic rings. The molecule has 0 saturated heterocycles. The van der Waals surface area contributed by atoms with Gasteiger partial charge in [0.1, 0.15) is 0 Å². The van der Waals surface area contributed by atoms with E-state index in [1.54, 1.807) is 23.0 Å². The van der Waals surface area contributed by atoms with E-state index in [9.17, 15) is 0 Å². The molecule has 90 valence electrons. The Morgan fingerprint density at radius 3 is 2.83 bits per heavy atom. The maximum atomic E-state index is 8.70. The molecule has 0 fully saturated rings. The van der Waals surface area contributed by atoms with Gasteiger partial charge in [-0.25, -0.2) is 0 Å². The number of hydrogen-bond donors (Lipinski definition) is 1. The number of aromatic nitrogens is 3. The number of nitriles is 1. The molecule has 0 bridgehead atoms. The summed E-state index contributed by atoms with van der Waals surface area (Å²) in [5.74, 6) is 0.782. The molecule has 1 aromatic carbocycles. The third-order valence-electron chi connectivity index (χ3n) is 2.40. The van der Waals surface area contributed by atoms with E-state index in [2.05, 4.69) is 21.4 Å². The summed E-state index contributed by atoms with van der Waals surface area (Å²) in [5.41, 5.74) is 1.53. The largest absolute Gasteiger partial charge is 0.250 e. The first-order valence-electron chi connectivity index (χ1n) is 5.45. The topological polar surface area (TPSA) is 69.8 Å². The first-order valence-corrected chi connectivity index (χ1v) is 5.86. The predicted molar refractivity (Wildman–Crippen MR) is 70.9 cm³/mol. The van der Waals surface area contributed by atoms with Gasteiger partial charge in [-0.15, -0.1) is 0 Å². The summed E-state index contributed by atoms with van der Waals surface area (Å²) in [6.07, 6.45) is 2.43. The standard InChI is InChI=1S/C12H11N5S/c1-2-11-15-16-12(18)17(11)14-8-10-5-3-9(7-13)4-6-10/h3-6,8H,2H2,1H3,(H,16,18). The fourth-order valence-electron chi connectivity index (χ4n) is 1.44. The van der Waals surface area contributed by atoms with Crippen molar-refractivity contribution in [1.82, 2.24) is 14.9 Å². The van der Waals surface area contributed by atoms with Crippen molar-refractivity contribution in [2.45, 2.75) is 13.3 Å². The Morgan fingerprint density at radius 2 is 2.22 bits per heavy atom. The van der Waals surface area contributed by atoms with Gasteiger partial charge in [0, 0.05) is 6.42 Å². The maximum Gasteiger partial charge on any atom is 0.216 e. The molecule has 1 N–H and O–H groups in total. The zero-order chi connectivity index (χ0) is 13.0. The van der Waals surface area contributed by atoms with Gasteiger partial charge < -0.3 is 0 Å². The Bertz CT molecular complexity index is 657. The highest BCUT2D eigenvalue weighted by Crippen LogP contribution is 2.02. The van der Waals surface area contributed by atoms with E-state index in [4.69, 9.17) is 17.5 Å². The van der Waals surface area contributed by atoms with Crippen LogP contribution in [0.5, 0.6) is 0 Å². The van der Waals surface area contributed by atoms with Gasteiger partial charge in [-0.05, 0) is 29.9 Å². The van der Waals surface area contributed by atoms with Crippen LogP contribution in [0.15, 0.2) is 29.4 Å². The number of aromatic amines is 1. The molecule has 0 aliphatic rings. The zero-order valence-electron chi connectivity index (χ0n) is 9.79. The number of H-pyrrole nitrogens is 1. The number of nitrogens with one attached hydrogen (secondary N) is 1. The normalized spacial score (nSPS) is 10.7. The van der Waals surface area contributed by atoms with Crippen molar-refractivity contribution in [2.24, 2.45) is 5.10 Å². The Balaban J connectivity index is 2.27. The summed E-state index contributed by atoms with van der Waals surface area (Å²) >= 11 is 5.08. The molecule has 2 rings (SSSR count). The minimum absolute atomic E-state index is 0.469. The van der Waals surface area contributed by atoms with E-state index >= 15 is 0 Å². The van der Waals surface area contributed by atoms with Crippen molar-refractivity contribution in [3.63, 3.8) is 0 Å². The zero-order valence-corrected chi connectivity index (χ0v) is 10.6. The van der Waals surface area contributed by atoms with Gasteiger partial charge in [0.2, 0.25) is 4.77 Å². The third kappa shape index (κ3) is 2.52. The monoisotopic (exact) mass is 257 g/mol. The Labute approximate surface area is 109 Å². The molecule has 1 aromatic heterocycles. The Morgan fingerprint density at radius 1 is 1.50 bits per heavy atom. The van der Waals surface area contributed by atoms with Crippen LogP contribution < -0.4 is 0 Å². The highest BCUT2D eigenvalue weighted by atomic mass is 32.1. The first-order chi connectivity index (χ1) is 8.74. The fourth-order valence-corrected chi connectivity index (χ4v) is 1.64. The van der Waals surface area contributed by atoms with Crippen LogP contribution >= 0.6 is 12.2 Å². The lowest BCUT2D eigenvalue weighted by Gasteiger charge is -1.97. The van der Waals surface area contributed by atoms with Crippen LogP contribution in [0, 0.1) is 16.1 Å². The minimum atomic E-state index is 0.469. The van der Waals surface area contributed by atoms with Crippen molar-refractivity contribution in [3.8, 4) is 6.07 Å². The van der Waals surface area contributed by atoms with Crippen LogP contribution in [-0.4, -0.2) is 21.1 Å². The first kappa shape index (κ1) is 12.2. The second kappa shape index (κ2) is 5.38. The van der Waals surface area contributed by atoms with E-state index in [1.165, 1.54) is 0 Å². The molecule has 1 heterocycles. The second-order valence-corrected chi connectivity index (χ2v) is 3.98. The highest BCUT2D eigenvalue weighted by molar-refractivity contribution is 7.71. The average Bonchev–Trinajstić information content (AvgIpc) is 2.77. The van der Waals surface area contributed by atoms with E-state index in [0.29, 0.717) is 10.3 Å².